The molecule has 0 aliphatic carbocycles. The Morgan fingerprint density at radius 3 is 2.67 bits per heavy atom. The Hall–Kier alpha value is -1.16. The predicted octanol–water partition coefficient (Wildman–Crippen LogP) is 2.19. The molecule has 0 unspecified atom stereocenters. The molecule has 0 bridgehead atoms. The fourth-order valence-corrected chi connectivity index (χ4v) is 2.45. The van der Waals surface area contributed by atoms with E-state index in [4.69, 9.17) is 5.11 Å². The zero-order valence-corrected chi connectivity index (χ0v) is 14.8. The van der Waals surface area contributed by atoms with E-state index >= 15 is 0 Å². The number of carbonyl (C=O) groups is 3. The van der Waals surface area contributed by atoms with Crippen molar-refractivity contribution in [2.45, 2.75) is 18.9 Å². The van der Waals surface area contributed by atoms with Gasteiger partial charge in [0.2, 0.25) is 0 Å². The van der Waals surface area contributed by atoms with Gasteiger partial charge in [-0.3, -0.25) is 9.59 Å². The van der Waals surface area contributed by atoms with Gasteiger partial charge in [0.25, 0.3) is 5.91 Å². The van der Waals surface area contributed by atoms with Crippen molar-refractivity contribution < 1.29 is 24.2 Å². The van der Waals surface area contributed by atoms with E-state index in [2.05, 4.69) is 48.6 Å². The van der Waals surface area contributed by atoms with Crippen LogP contribution in [0.5, 0.6) is 0 Å². The third-order valence-corrected chi connectivity index (χ3v) is 4.00. The van der Waals surface area contributed by atoms with E-state index in [1.807, 2.05) is 6.07 Å². The Morgan fingerprint density at radius 1 is 1.43 bits per heavy atom. The number of methoxy groups -OCH3 is 1. The summed E-state index contributed by atoms with van der Waals surface area (Å²) in [5.74, 6) is -2.24. The second-order valence-corrected chi connectivity index (χ2v) is 6.20. The fourth-order valence-electron chi connectivity index (χ4n) is 1.53. The van der Waals surface area contributed by atoms with Crippen LogP contribution >= 0.6 is 38.5 Å². The van der Waals surface area contributed by atoms with Gasteiger partial charge in [0, 0.05) is 14.5 Å². The highest BCUT2D eigenvalue weighted by molar-refractivity contribution is 14.1. The highest BCUT2D eigenvalue weighted by Gasteiger charge is 2.22. The summed E-state index contributed by atoms with van der Waals surface area (Å²) >= 11 is 5.30. The van der Waals surface area contributed by atoms with Gasteiger partial charge in [-0.2, -0.15) is 0 Å². The van der Waals surface area contributed by atoms with Crippen LogP contribution in [0, 0.1) is 3.57 Å². The lowest BCUT2D eigenvalue weighted by molar-refractivity contribution is -0.142. The Balaban J connectivity index is 2.79. The number of halogens is 2. The summed E-state index contributed by atoms with van der Waals surface area (Å²) in [5.41, 5.74) is 0.339. The zero-order chi connectivity index (χ0) is 16.0. The van der Waals surface area contributed by atoms with Gasteiger partial charge in [-0.1, -0.05) is 0 Å². The molecule has 0 saturated heterocycles. The summed E-state index contributed by atoms with van der Waals surface area (Å²) in [6.45, 7) is 0. The molecule has 8 heteroatoms. The van der Waals surface area contributed by atoms with Crippen LogP contribution in [0.2, 0.25) is 0 Å². The highest BCUT2D eigenvalue weighted by Crippen LogP contribution is 2.19. The molecule has 2 N–H and O–H groups in total. The van der Waals surface area contributed by atoms with Crippen LogP contribution in [0.15, 0.2) is 22.7 Å². The molecular formula is C13H13BrINO5. The number of ether oxygens (including phenoxy) is 1. The number of aliphatic carboxylic acids is 1. The molecule has 114 valence electrons. The average Bonchev–Trinajstić information content (AvgIpc) is 2.44. The number of rotatable bonds is 6. The minimum absolute atomic E-state index is 0.0324. The molecule has 0 aliphatic rings. The van der Waals surface area contributed by atoms with Crippen molar-refractivity contribution in [1.29, 1.82) is 0 Å². The number of carboxylic acid groups (broad SMARTS) is 1. The predicted molar refractivity (Wildman–Crippen MR) is 87.0 cm³/mol. The van der Waals surface area contributed by atoms with E-state index in [-0.39, 0.29) is 12.8 Å². The van der Waals surface area contributed by atoms with Crippen molar-refractivity contribution in [2.24, 2.45) is 0 Å². The van der Waals surface area contributed by atoms with Crippen molar-refractivity contribution in [3.63, 3.8) is 0 Å². The Labute approximate surface area is 143 Å². The van der Waals surface area contributed by atoms with Crippen molar-refractivity contribution in [3.05, 3.63) is 31.8 Å². The van der Waals surface area contributed by atoms with Gasteiger partial charge in [0.1, 0.15) is 6.04 Å². The van der Waals surface area contributed by atoms with Gasteiger partial charge >= 0.3 is 11.9 Å². The number of nitrogens with one attached hydrogen (secondary N) is 1. The number of carboxylic acids is 1. The molecular weight excluding hydrogens is 457 g/mol. The largest absolute Gasteiger partial charge is 0.480 e. The highest BCUT2D eigenvalue weighted by atomic mass is 127. The third-order valence-electron chi connectivity index (χ3n) is 2.64. The van der Waals surface area contributed by atoms with E-state index in [9.17, 15) is 14.4 Å². The molecule has 0 aliphatic heterocycles. The number of benzene rings is 1. The molecule has 0 spiro atoms. The van der Waals surface area contributed by atoms with E-state index in [0.29, 0.717) is 10.0 Å². The molecule has 0 heterocycles. The number of hydrogen-bond acceptors (Lipinski definition) is 4. The first-order chi connectivity index (χ1) is 9.85. The molecule has 1 atom stereocenters. The van der Waals surface area contributed by atoms with Gasteiger partial charge in [-0.15, -0.1) is 0 Å². The SMILES string of the molecule is COC(=O)CC[C@H](NC(=O)c1cc(I)ccc1Br)C(=O)O. The van der Waals surface area contributed by atoms with Crippen LogP contribution in [-0.4, -0.2) is 36.1 Å². The van der Waals surface area contributed by atoms with Crippen LogP contribution in [-0.2, 0) is 14.3 Å². The number of amides is 1. The third kappa shape index (κ3) is 5.62. The summed E-state index contributed by atoms with van der Waals surface area (Å²) < 4.78 is 5.87. The maximum atomic E-state index is 12.1. The maximum Gasteiger partial charge on any atom is 0.326 e. The van der Waals surface area contributed by atoms with Crippen LogP contribution in [0.3, 0.4) is 0 Å². The topological polar surface area (TPSA) is 92.7 Å². The summed E-state index contributed by atoms with van der Waals surface area (Å²) in [6, 6.07) is 4.01. The average molecular weight is 470 g/mol. The molecule has 0 aromatic heterocycles. The van der Waals surface area contributed by atoms with Crippen molar-refractivity contribution in [2.75, 3.05) is 7.11 Å². The van der Waals surface area contributed by atoms with Gasteiger partial charge < -0.3 is 15.2 Å². The Kier molecular flexibility index (Phi) is 7.09. The molecule has 6 nitrogen and oxygen atoms in total. The summed E-state index contributed by atoms with van der Waals surface area (Å²) in [6.07, 6.45) is -0.115. The first-order valence-electron chi connectivity index (χ1n) is 5.90. The minimum Gasteiger partial charge on any atom is -0.480 e. The lowest BCUT2D eigenvalue weighted by Gasteiger charge is -2.14. The van der Waals surface area contributed by atoms with E-state index in [0.717, 1.165) is 3.57 Å². The Morgan fingerprint density at radius 2 is 2.10 bits per heavy atom. The van der Waals surface area contributed by atoms with Crippen LogP contribution in [0.4, 0.5) is 0 Å². The molecule has 0 saturated carbocycles. The van der Waals surface area contributed by atoms with E-state index in [1.54, 1.807) is 12.1 Å². The second kappa shape index (κ2) is 8.32. The number of hydrogen-bond donors (Lipinski definition) is 2. The number of esters is 1. The lowest BCUT2D eigenvalue weighted by Crippen LogP contribution is -2.41. The molecule has 1 aromatic carbocycles. The summed E-state index contributed by atoms with van der Waals surface area (Å²) in [7, 11) is 1.22. The van der Waals surface area contributed by atoms with Gasteiger partial charge in [0.15, 0.2) is 0 Å². The molecule has 0 radical (unpaired) electrons. The molecule has 1 aromatic rings. The monoisotopic (exact) mass is 469 g/mol. The van der Waals surface area contributed by atoms with Gasteiger partial charge in [0.05, 0.1) is 12.7 Å². The first-order valence-corrected chi connectivity index (χ1v) is 7.78. The van der Waals surface area contributed by atoms with Crippen molar-refractivity contribution >= 4 is 56.4 Å². The maximum absolute atomic E-state index is 12.1. The van der Waals surface area contributed by atoms with Crippen LogP contribution in [0.1, 0.15) is 23.2 Å². The first kappa shape index (κ1) is 17.9. The standard InChI is InChI=1S/C13H13BrINO5/c1-21-11(17)5-4-10(13(19)20)16-12(18)8-6-7(15)2-3-9(8)14/h2-3,6,10H,4-5H2,1H3,(H,16,18)(H,19,20)/t10-/m0/s1. The van der Waals surface area contributed by atoms with Crippen molar-refractivity contribution in [1.82, 2.24) is 5.32 Å². The van der Waals surface area contributed by atoms with Gasteiger partial charge in [-0.05, 0) is 63.1 Å². The normalized spacial score (nSPS) is 11.6. The molecule has 1 amide bonds. The minimum atomic E-state index is -1.20. The summed E-state index contributed by atoms with van der Waals surface area (Å²) in [4.78, 5) is 34.3. The fraction of sp³-hybridized carbons (Fsp3) is 0.308. The quantitative estimate of drug-likeness (QED) is 0.492. The van der Waals surface area contributed by atoms with E-state index < -0.39 is 23.9 Å². The van der Waals surface area contributed by atoms with Crippen LogP contribution in [0.25, 0.3) is 0 Å². The Bertz CT molecular complexity index is 563. The van der Waals surface area contributed by atoms with Gasteiger partial charge in [-0.25, -0.2) is 4.79 Å². The van der Waals surface area contributed by atoms with E-state index in [1.165, 1.54) is 7.11 Å². The van der Waals surface area contributed by atoms with Crippen molar-refractivity contribution in [3.8, 4) is 0 Å². The number of carbonyl (C=O) groups excluding carboxylic acids is 2. The van der Waals surface area contributed by atoms with Crippen LogP contribution < -0.4 is 5.32 Å². The lowest BCUT2D eigenvalue weighted by atomic mass is 10.1. The smallest absolute Gasteiger partial charge is 0.326 e. The second-order valence-electron chi connectivity index (χ2n) is 4.10. The summed E-state index contributed by atoms with van der Waals surface area (Å²) in [5, 5.41) is 11.5. The molecule has 0 fully saturated rings. The zero-order valence-electron chi connectivity index (χ0n) is 11.1. The molecule has 21 heavy (non-hydrogen) atoms. The molecule has 1 rings (SSSR count).